The Morgan fingerprint density at radius 2 is 1.93 bits per heavy atom. The molecule has 0 bridgehead atoms. The molecule has 1 heterocycles. The molecule has 1 rings (SSSR count). The lowest BCUT2D eigenvalue weighted by atomic mass is 10.1. The van der Waals surface area contributed by atoms with Crippen molar-refractivity contribution in [1.29, 1.82) is 0 Å². The maximum Gasteiger partial charge on any atom is 0.134 e. The van der Waals surface area contributed by atoms with Crippen LogP contribution in [-0.2, 0) is 0 Å². The van der Waals surface area contributed by atoms with Crippen molar-refractivity contribution in [3.05, 3.63) is 10.0 Å². The molecule has 14 heavy (non-hydrogen) atoms. The molecular weight excluding hydrogens is 194 g/mol. The molecule has 1 aromatic heterocycles. The van der Waals surface area contributed by atoms with E-state index in [1.54, 1.807) is 11.3 Å². The van der Waals surface area contributed by atoms with Crippen LogP contribution >= 0.6 is 11.3 Å². The summed E-state index contributed by atoms with van der Waals surface area (Å²) in [4.78, 5) is 0. The maximum atomic E-state index is 4.14. The van der Waals surface area contributed by atoms with Gasteiger partial charge in [0.2, 0.25) is 0 Å². The number of hydrogen-bond donors (Lipinski definition) is 1. The minimum Gasteiger partial charge on any atom is -0.305 e. The van der Waals surface area contributed by atoms with Gasteiger partial charge in [-0.05, 0) is 26.7 Å². The number of nitrogens with zero attached hydrogens (tertiary/aromatic N) is 2. The summed E-state index contributed by atoms with van der Waals surface area (Å²) in [6.07, 6.45) is 2.33. The maximum absolute atomic E-state index is 4.14. The van der Waals surface area contributed by atoms with Gasteiger partial charge < -0.3 is 5.32 Å². The molecule has 0 spiro atoms. The van der Waals surface area contributed by atoms with E-state index < -0.39 is 0 Å². The highest BCUT2D eigenvalue weighted by Gasteiger charge is 2.13. The number of aryl methyl sites for hydroxylation is 1. The largest absolute Gasteiger partial charge is 0.305 e. The Hall–Kier alpha value is -0.480. The Morgan fingerprint density at radius 3 is 2.36 bits per heavy atom. The molecule has 0 aliphatic rings. The molecule has 0 aliphatic carbocycles. The zero-order valence-electron chi connectivity index (χ0n) is 9.37. The Balaban J connectivity index is 2.53. The Labute approximate surface area is 89.9 Å². The fourth-order valence-electron chi connectivity index (χ4n) is 1.44. The number of aromatic nitrogens is 2. The predicted octanol–water partition coefficient (Wildman–Crippen LogP) is 2.69. The molecule has 0 amide bonds. The zero-order valence-corrected chi connectivity index (χ0v) is 10.2. The molecular formula is C10H19N3S. The van der Waals surface area contributed by atoms with E-state index in [1.807, 2.05) is 6.92 Å². The van der Waals surface area contributed by atoms with Crippen LogP contribution < -0.4 is 5.32 Å². The number of hydrogen-bond acceptors (Lipinski definition) is 4. The van der Waals surface area contributed by atoms with E-state index in [0.29, 0.717) is 12.1 Å². The molecule has 0 aliphatic heterocycles. The van der Waals surface area contributed by atoms with Crippen LogP contribution in [-0.4, -0.2) is 16.2 Å². The molecule has 0 saturated carbocycles. The van der Waals surface area contributed by atoms with Gasteiger partial charge in [0.15, 0.2) is 0 Å². The first-order valence-corrected chi connectivity index (χ1v) is 6.05. The second kappa shape index (κ2) is 5.41. The molecule has 80 valence electrons. The lowest BCUT2D eigenvalue weighted by Crippen LogP contribution is -2.30. The lowest BCUT2D eigenvalue weighted by molar-refractivity contribution is 0.430. The molecule has 1 unspecified atom stereocenters. The van der Waals surface area contributed by atoms with Crippen LogP contribution in [0.2, 0.25) is 0 Å². The van der Waals surface area contributed by atoms with E-state index in [0.717, 1.165) is 10.0 Å². The van der Waals surface area contributed by atoms with Crippen LogP contribution in [0.5, 0.6) is 0 Å². The minimum absolute atomic E-state index is 0.325. The van der Waals surface area contributed by atoms with Gasteiger partial charge in [-0.3, -0.25) is 0 Å². The summed E-state index contributed by atoms with van der Waals surface area (Å²) in [5.74, 6) is 0. The van der Waals surface area contributed by atoms with Gasteiger partial charge in [0.05, 0.1) is 6.04 Å². The highest BCUT2D eigenvalue weighted by molar-refractivity contribution is 7.11. The first-order chi connectivity index (χ1) is 6.67. The third-order valence-corrected chi connectivity index (χ3v) is 3.40. The van der Waals surface area contributed by atoms with Gasteiger partial charge in [-0.1, -0.05) is 13.8 Å². The van der Waals surface area contributed by atoms with Crippen molar-refractivity contribution in [2.24, 2.45) is 0 Å². The summed E-state index contributed by atoms with van der Waals surface area (Å²) in [6.45, 7) is 8.56. The molecule has 0 aromatic carbocycles. The lowest BCUT2D eigenvalue weighted by Gasteiger charge is -2.18. The van der Waals surface area contributed by atoms with E-state index in [4.69, 9.17) is 0 Å². The topological polar surface area (TPSA) is 37.8 Å². The first kappa shape index (κ1) is 11.6. The van der Waals surface area contributed by atoms with E-state index in [2.05, 4.69) is 36.3 Å². The summed E-state index contributed by atoms with van der Waals surface area (Å²) in [7, 11) is 0. The quantitative estimate of drug-likeness (QED) is 0.817. The third kappa shape index (κ3) is 3.03. The predicted molar refractivity (Wildman–Crippen MR) is 60.6 cm³/mol. The Bertz CT molecular complexity index is 268. The molecule has 0 fully saturated rings. The average Bonchev–Trinajstić information content (AvgIpc) is 2.61. The van der Waals surface area contributed by atoms with Crippen molar-refractivity contribution >= 4 is 11.3 Å². The van der Waals surface area contributed by atoms with Gasteiger partial charge >= 0.3 is 0 Å². The van der Waals surface area contributed by atoms with E-state index >= 15 is 0 Å². The smallest absolute Gasteiger partial charge is 0.134 e. The first-order valence-electron chi connectivity index (χ1n) is 5.23. The van der Waals surface area contributed by atoms with Gasteiger partial charge in [0.25, 0.3) is 0 Å². The average molecular weight is 213 g/mol. The standard InChI is InChI=1S/C10H19N3S/c1-5-9(6-2)11-7(3)10-13-12-8(4)14-10/h7,9,11H,5-6H2,1-4H3. The molecule has 1 atom stereocenters. The second-order valence-corrected chi connectivity index (χ2v) is 4.77. The Kier molecular flexibility index (Phi) is 4.48. The van der Waals surface area contributed by atoms with Crippen LogP contribution in [0.15, 0.2) is 0 Å². The van der Waals surface area contributed by atoms with Crippen LogP contribution in [0.25, 0.3) is 0 Å². The van der Waals surface area contributed by atoms with Crippen molar-refractivity contribution in [2.45, 2.75) is 52.6 Å². The summed E-state index contributed by atoms with van der Waals surface area (Å²) in [5, 5.41) is 13.9. The van der Waals surface area contributed by atoms with Gasteiger partial charge in [0.1, 0.15) is 10.0 Å². The summed E-state index contributed by atoms with van der Waals surface area (Å²) >= 11 is 1.67. The van der Waals surface area contributed by atoms with Crippen molar-refractivity contribution in [1.82, 2.24) is 15.5 Å². The van der Waals surface area contributed by atoms with E-state index in [9.17, 15) is 0 Å². The summed E-state index contributed by atoms with van der Waals surface area (Å²) in [6, 6.07) is 0.917. The highest BCUT2D eigenvalue weighted by Crippen LogP contribution is 2.18. The summed E-state index contributed by atoms with van der Waals surface area (Å²) in [5.41, 5.74) is 0. The van der Waals surface area contributed by atoms with Crippen LogP contribution in [0.1, 0.15) is 49.7 Å². The summed E-state index contributed by atoms with van der Waals surface area (Å²) < 4.78 is 0. The van der Waals surface area contributed by atoms with E-state index in [-0.39, 0.29) is 0 Å². The van der Waals surface area contributed by atoms with Gasteiger partial charge in [-0.25, -0.2) is 0 Å². The number of rotatable bonds is 5. The Morgan fingerprint density at radius 1 is 1.29 bits per heavy atom. The molecule has 1 aromatic rings. The van der Waals surface area contributed by atoms with Crippen molar-refractivity contribution in [3.8, 4) is 0 Å². The zero-order chi connectivity index (χ0) is 10.6. The van der Waals surface area contributed by atoms with Gasteiger partial charge in [-0.15, -0.1) is 21.5 Å². The number of nitrogens with one attached hydrogen (secondary N) is 1. The van der Waals surface area contributed by atoms with Crippen molar-refractivity contribution in [3.63, 3.8) is 0 Å². The molecule has 1 N–H and O–H groups in total. The fraction of sp³-hybridized carbons (Fsp3) is 0.800. The van der Waals surface area contributed by atoms with Crippen LogP contribution in [0.4, 0.5) is 0 Å². The van der Waals surface area contributed by atoms with Crippen molar-refractivity contribution < 1.29 is 0 Å². The molecule has 3 nitrogen and oxygen atoms in total. The van der Waals surface area contributed by atoms with Gasteiger partial charge in [0, 0.05) is 6.04 Å². The van der Waals surface area contributed by atoms with Crippen molar-refractivity contribution in [2.75, 3.05) is 0 Å². The SMILES string of the molecule is CCC(CC)NC(C)c1nnc(C)s1. The van der Waals surface area contributed by atoms with Gasteiger partial charge in [-0.2, -0.15) is 0 Å². The fourth-order valence-corrected chi connectivity index (χ4v) is 2.15. The third-order valence-electron chi connectivity index (χ3n) is 2.38. The second-order valence-electron chi connectivity index (χ2n) is 3.56. The van der Waals surface area contributed by atoms with E-state index in [1.165, 1.54) is 12.8 Å². The van der Waals surface area contributed by atoms with Crippen LogP contribution in [0.3, 0.4) is 0 Å². The molecule has 4 heteroatoms. The van der Waals surface area contributed by atoms with Crippen LogP contribution in [0, 0.1) is 6.92 Å². The highest BCUT2D eigenvalue weighted by atomic mass is 32.1. The molecule has 0 radical (unpaired) electrons. The normalized spacial score (nSPS) is 13.5. The minimum atomic E-state index is 0.325. The monoisotopic (exact) mass is 213 g/mol. The molecule has 0 saturated heterocycles.